The zero-order valence-corrected chi connectivity index (χ0v) is 11.6. The Morgan fingerprint density at radius 2 is 1.95 bits per heavy atom. The molecule has 0 spiro atoms. The summed E-state index contributed by atoms with van der Waals surface area (Å²) in [5.41, 5.74) is -0.0287. The summed E-state index contributed by atoms with van der Waals surface area (Å²) in [7, 11) is 0. The van der Waals surface area contributed by atoms with E-state index in [9.17, 15) is 18.0 Å². The molecule has 1 aromatic carbocycles. The van der Waals surface area contributed by atoms with Crippen LogP contribution >= 0.6 is 11.6 Å². The third-order valence-corrected chi connectivity index (χ3v) is 3.05. The van der Waals surface area contributed by atoms with Crippen LogP contribution in [0.1, 0.15) is 21.6 Å². The molecule has 1 N–H and O–H groups in total. The second-order valence-electron chi connectivity index (χ2n) is 4.33. The van der Waals surface area contributed by atoms with Crippen LogP contribution in [0.5, 0.6) is 0 Å². The molecule has 0 radical (unpaired) electrons. The zero-order chi connectivity index (χ0) is 15.6. The number of carbonyl (C=O) groups is 1. The quantitative estimate of drug-likeness (QED) is 0.897. The Bertz CT molecular complexity index is 669. The molecule has 2 rings (SSSR count). The van der Waals surface area contributed by atoms with Gasteiger partial charge in [-0.3, -0.25) is 9.78 Å². The van der Waals surface area contributed by atoms with Gasteiger partial charge in [0, 0.05) is 11.9 Å². The summed E-state index contributed by atoms with van der Waals surface area (Å²) in [4.78, 5) is 15.9. The van der Waals surface area contributed by atoms with E-state index in [1.54, 1.807) is 13.0 Å². The number of amides is 1. The number of carbonyl (C=O) groups excluding carboxylic acids is 1. The first-order chi connectivity index (χ1) is 9.77. The molecule has 1 aromatic heterocycles. The van der Waals surface area contributed by atoms with E-state index in [1.165, 1.54) is 12.3 Å². The molecule has 1 amide bonds. The summed E-state index contributed by atoms with van der Waals surface area (Å²) in [6.45, 7) is 1.76. The molecule has 0 saturated heterocycles. The molecule has 0 fully saturated rings. The average Bonchev–Trinajstić information content (AvgIpc) is 2.40. The van der Waals surface area contributed by atoms with Crippen molar-refractivity contribution in [2.75, 3.05) is 5.32 Å². The van der Waals surface area contributed by atoms with Gasteiger partial charge in [0.2, 0.25) is 0 Å². The molecular weight excluding hydrogens is 305 g/mol. The van der Waals surface area contributed by atoms with Gasteiger partial charge in [-0.2, -0.15) is 13.2 Å². The molecule has 0 bridgehead atoms. The van der Waals surface area contributed by atoms with Gasteiger partial charge in [-0.1, -0.05) is 11.6 Å². The van der Waals surface area contributed by atoms with E-state index in [-0.39, 0.29) is 16.3 Å². The van der Waals surface area contributed by atoms with Gasteiger partial charge in [-0.05, 0) is 37.3 Å². The second kappa shape index (κ2) is 5.73. The molecule has 2 aromatic rings. The molecule has 3 nitrogen and oxygen atoms in total. The SMILES string of the molecule is Cc1ccc(C(=O)Nc2cc(C(F)(F)F)ccc2Cl)cn1. The van der Waals surface area contributed by atoms with Crippen LogP contribution in [0.15, 0.2) is 36.5 Å². The smallest absolute Gasteiger partial charge is 0.321 e. The van der Waals surface area contributed by atoms with Crippen LogP contribution < -0.4 is 5.32 Å². The van der Waals surface area contributed by atoms with Crippen LogP contribution in [-0.2, 0) is 6.18 Å². The van der Waals surface area contributed by atoms with Gasteiger partial charge in [-0.15, -0.1) is 0 Å². The number of pyridine rings is 1. The minimum Gasteiger partial charge on any atom is -0.321 e. The Labute approximate surface area is 123 Å². The van der Waals surface area contributed by atoms with Crippen molar-refractivity contribution in [2.45, 2.75) is 13.1 Å². The van der Waals surface area contributed by atoms with Crippen LogP contribution in [0.3, 0.4) is 0 Å². The minimum absolute atomic E-state index is 0.0245. The summed E-state index contributed by atoms with van der Waals surface area (Å²) in [5.74, 6) is -0.580. The highest BCUT2D eigenvalue weighted by Crippen LogP contribution is 2.33. The van der Waals surface area contributed by atoms with E-state index in [0.29, 0.717) is 0 Å². The average molecular weight is 315 g/mol. The van der Waals surface area contributed by atoms with Gasteiger partial charge < -0.3 is 5.32 Å². The highest BCUT2D eigenvalue weighted by molar-refractivity contribution is 6.34. The summed E-state index contributed by atoms with van der Waals surface area (Å²) < 4.78 is 37.9. The molecule has 7 heteroatoms. The van der Waals surface area contributed by atoms with Gasteiger partial charge >= 0.3 is 6.18 Å². The molecule has 1 heterocycles. The van der Waals surface area contributed by atoms with E-state index >= 15 is 0 Å². The number of aromatic nitrogens is 1. The van der Waals surface area contributed by atoms with E-state index < -0.39 is 17.6 Å². The van der Waals surface area contributed by atoms with Crippen molar-refractivity contribution in [2.24, 2.45) is 0 Å². The van der Waals surface area contributed by atoms with Crippen LogP contribution in [-0.4, -0.2) is 10.9 Å². The number of alkyl halides is 3. The number of nitrogens with zero attached hydrogens (tertiary/aromatic N) is 1. The number of anilines is 1. The molecule has 0 aliphatic rings. The first kappa shape index (κ1) is 15.3. The Morgan fingerprint density at radius 3 is 2.52 bits per heavy atom. The maximum Gasteiger partial charge on any atom is 0.416 e. The van der Waals surface area contributed by atoms with Crippen molar-refractivity contribution in [3.8, 4) is 0 Å². The first-order valence-electron chi connectivity index (χ1n) is 5.88. The lowest BCUT2D eigenvalue weighted by Gasteiger charge is -2.11. The topological polar surface area (TPSA) is 42.0 Å². The highest BCUT2D eigenvalue weighted by atomic mass is 35.5. The van der Waals surface area contributed by atoms with Crippen LogP contribution in [0, 0.1) is 6.92 Å². The largest absolute Gasteiger partial charge is 0.416 e. The highest BCUT2D eigenvalue weighted by Gasteiger charge is 2.31. The van der Waals surface area contributed by atoms with E-state index in [0.717, 1.165) is 23.9 Å². The fraction of sp³-hybridized carbons (Fsp3) is 0.143. The molecule has 0 saturated carbocycles. The summed E-state index contributed by atoms with van der Waals surface area (Å²) >= 11 is 5.81. The Hall–Kier alpha value is -2.08. The predicted molar refractivity (Wildman–Crippen MR) is 73.4 cm³/mol. The van der Waals surface area contributed by atoms with Crippen molar-refractivity contribution < 1.29 is 18.0 Å². The minimum atomic E-state index is -4.50. The van der Waals surface area contributed by atoms with Crippen molar-refractivity contribution in [1.82, 2.24) is 4.98 Å². The predicted octanol–water partition coefficient (Wildman–Crippen LogP) is 4.31. The van der Waals surface area contributed by atoms with E-state index in [1.807, 2.05) is 0 Å². The summed E-state index contributed by atoms with van der Waals surface area (Å²) in [6.07, 6.45) is -3.17. The Balaban J connectivity index is 2.26. The number of aryl methyl sites for hydroxylation is 1. The summed E-state index contributed by atoms with van der Waals surface area (Å²) in [6, 6.07) is 5.89. The lowest BCUT2D eigenvalue weighted by molar-refractivity contribution is -0.137. The lowest BCUT2D eigenvalue weighted by Crippen LogP contribution is -2.14. The molecular formula is C14H10ClF3N2O. The van der Waals surface area contributed by atoms with Crippen LogP contribution in [0.2, 0.25) is 5.02 Å². The standard InChI is InChI=1S/C14H10ClF3N2O/c1-8-2-3-9(7-19-8)13(21)20-12-6-10(14(16,17)18)4-5-11(12)15/h2-7H,1H3,(H,20,21). The Kier molecular flexibility index (Phi) is 4.18. The van der Waals surface area contributed by atoms with Crippen molar-refractivity contribution >= 4 is 23.2 Å². The first-order valence-corrected chi connectivity index (χ1v) is 6.26. The van der Waals surface area contributed by atoms with Crippen molar-refractivity contribution in [3.05, 3.63) is 58.4 Å². The number of rotatable bonds is 2. The monoisotopic (exact) mass is 314 g/mol. The number of hydrogen-bond acceptors (Lipinski definition) is 2. The van der Waals surface area contributed by atoms with Gasteiger partial charge in [0.05, 0.1) is 21.8 Å². The van der Waals surface area contributed by atoms with E-state index in [4.69, 9.17) is 11.6 Å². The maximum atomic E-state index is 12.6. The zero-order valence-electron chi connectivity index (χ0n) is 10.8. The summed E-state index contributed by atoms with van der Waals surface area (Å²) in [5, 5.41) is 2.37. The molecule has 0 aliphatic carbocycles. The van der Waals surface area contributed by atoms with Crippen LogP contribution in [0.4, 0.5) is 18.9 Å². The van der Waals surface area contributed by atoms with Crippen molar-refractivity contribution in [3.63, 3.8) is 0 Å². The van der Waals surface area contributed by atoms with Crippen LogP contribution in [0.25, 0.3) is 0 Å². The second-order valence-corrected chi connectivity index (χ2v) is 4.74. The molecule has 0 aliphatic heterocycles. The number of benzene rings is 1. The molecule has 0 unspecified atom stereocenters. The number of halogens is 4. The number of nitrogens with one attached hydrogen (secondary N) is 1. The third-order valence-electron chi connectivity index (χ3n) is 2.72. The van der Waals surface area contributed by atoms with Gasteiger partial charge in [0.25, 0.3) is 5.91 Å². The van der Waals surface area contributed by atoms with Gasteiger partial charge in [0.1, 0.15) is 0 Å². The fourth-order valence-electron chi connectivity index (χ4n) is 1.59. The lowest BCUT2D eigenvalue weighted by atomic mass is 10.2. The Morgan fingerprint density at radius 1 is 1.24 bits per heavy atom. The van der Waals surface area contributed by atoms with Crippen molar-refractivity contribution in [1.29, 1.82) is 0 Å². The molecule has 110 valence electrons. The van der Waals surface area contributed by atoms with Gasteiger partial charge in [0.15, 0.2) is 0 Å². The van der Waals surface area contributed by atoms with Gasteiger partial charge in [-0.25, -0.2) is 0 Å². The molecule has 21 heavy (non-hydrogen) atoms. The fourth-order valence-corrected chi connectivity index (χ4v) is 1.76. The third kappa shape index (κ3) is 3.72. The normalized spacial score (nSPS) is 11.3. The van der Waals surface area contributed by atoms with E-state index in [2.05, 4.69) is 10.3 Å². The maximum absolute atomic E-state index is 12.6. The molecule has 0 atom stereocenters. The number of hydrogen-bond donors (Lipinski definition) is 1.